The van der Waals surface area contributed by atoms with Gasteiger partial charge in [-0.3, -0.25) is 4.57 Å². The summed E-state index contributed by atoms with van der Waals surface area (Å²) in [6.45, 7) is 0. The topological polar surface area (TPSA) is 35.1 Å². The van der Waals surface area contributed by atoms with Crippen molar-refractivity contribution in [3.8, 4) is 17.2 Å². The van der Waals surface area contributed by atoms with Crippen LogP contribution in [-0.4, -0.2) is 19.2 Å². The lowest BCUT2D eigenvalue weighted by atomic mass is 10.2. The number of aromatic nitrogens is 4. The van der Waals surface area contributed by atoms with E-state index in [1.54, 1.807) is 0 Å². The maximum atomic E-state index is 4.90. The summed E-state index contributed by atoms with van der Waals surface area (Å²) < 4.78 is 4.09. The highest BCUT2D eigenvalue weighted by molar-refractivity contribution is 5.87. The fraction of sp³-hybridized carbons (Fsp3) is 0. The minimum absolute atomic E-state index is 0.864. The summed E-state index contributed by atoms with van der Waals surface area (Å²) in [5.74, 6) is 1.76. The van der Waals surface area contributed by atoms with E-state index < -0.39 is 0 Å². The molecule has 0 unspecified atom stereocenters. The second-order valence-electron chi connectivity index (χ2n) is 6.90. The van der Waals surface area contributed by atoms with Gasteiger partial charge < -0.3 is 0 Å². The maximum Gasteiger partial charge on any atom is 0.161 e. The van der Waals surface area contributed by atoms with Gasteiger partial charge >= 0.3 is 0 Å². The summed E-state index contributed by atoms with van der Waals surface area (Å²) in [6.07, 6.45) is 2.08. The molecule has 0 N–H and O–H groups in total. The zero-order valence-corrected chi connectivity index (χ0v) is 15.0. The molecule has 0 aliphatic rings. The van der Waals surface area contributed by atoms with Crippen molar-refractivity contribution in [2.45, 2.75) is 0 Å². The van der Waals surface area contributed by atoms with Crippen LogP contribution in [0.3, 0.4) is 0 Å². The number of hydrogen-bond donors (Lipinski definition) is 0. The molecule has 6 aromatic rings. The Labute approximate surface area is 161 Å². The highest BCUT2D eigenvalue weighted by Crippen LogP contribution is 2.29. The van der Waals surface area contributed by atoms with Gasteiger partial charge in [0.25, 0.3) is 0 Å². The van der Waals surface area contributed by atoms with Crippen LogP contribution in [0.1, 0.15) is 0 Å². The smallest absolute Gasteiger partial charge is 0.161 e. The van der Waals surface area contributed by atoms with Gasteiger partial charge in [0.1, 0.15) is 5.82 Å². The van der Waals surface area contributed by atoms with E-state index in [0.29, 0.717) is 0 Å². The van der Waals surface area contributed by atoms with Crippen molar-refractivity contribution in [2.24, 2.45) is 0 Å². The Kier molecular flexibility index (Phi) is 3.14. The lowest BCUT2D eigenvalue weighted by Crippen LogP contribution is -1.99. The molecule has 0 bridgehead atoms. The van der Waals surface area contributed by atoms with Crippen molar-refractivity contribution in [3.05, 3.63) is 97.2 Å². The normalized spacial score (nSPS) is 11.6. The van der Waals surface area contributed by atoms with Gasteiger partial charge in [0.15, 0.2) is 5.82 Å². The number of rotatable bonds is 2. The highest BCUT2D eigenvalue weighted by atomic mass is 15.3. The molecule has 28 heavy (non-hydrogen) atoms. The molecule has 0 saturated heterocycles. The number of benzene rings is 3. The predicted octanol–water partition coefficient (Wildman–Crippen LogP) is 5.49. The zero-order chi connectivity index (χ0) is 18.5. The molecule has 3 aromatic carbocycles. The third-order valence-electron chi connectivity index (χ3n) is 5.13. The van der Waals surface area contributed by atoms with Gasteiger partial charge in [0.2, 0.25) is 0 Å². The summed E-state index contributed by atoms with van der Waals surface area (Å²) in [5.41, 5.74) is 4.14. The number of pyridine rings is 1. The van der Waals surface area contributed by atoms with Crippen molar-refractivity contribution in [2.75, 3.05) is 0 Å². The average molecular weight is 360 g/mol. The van der Waals surface area contributed by atoms with Crippen LogP contribution >= 0.6 is 0 Å². The Bertz CT molecular complexity index is 1410. The van der Waals surface area contributed by atoms with E-state index in [4.69, 9.17) is 10.1 Å². The quantitative estimate of drug-likeness (QED) is 0.409. The summed E-state index contributed by atoms with van der Waals surface area (Å²) >= 11 is 0. The molecule has 0 fully saturated rings. The van der Waals surface area contributed by atoms with E-state index in [2.05, 4.69) is 65.4 Å². The first-order chi connectivity index (χ1) is 13.9. The molecular formula is C24H16N4. The Morgan fingerprint density at radius 1 is 0.679 bits per heavy atom. The largest absolute Gasteiger partial charge is 0.275 e. The van der Waals surface area contributed by atoms with E-state index in [0.717, 1.165) is 33.8 Å². The van der Waals surface area contributed by atoms with Crippen LogP contribution in [0.5, 0.6) is 0 Å². The van der Waals surface area contributed by atoms with Gasteiger partial charge in [0, 0.05) is 23.2 Å². The molecule has 0 atom stereocenters. The first-order valence-corrected chi connectivity index (χ1v) is 9.28. The predicted molar refractivity (Wildman–Crippen MR) is 113 cm³/mol. The van der Waals surface area contributed by atoms with Crippen molar-refractivity contribution >= 4 is 27.3 Å². The van der Waals surface area contributed by atoms with Gasteiger partial charge in [-0.1, -0.05) is 66.7 Å². The molecule has 0 radical (unpaired) electrons. The average Bonchev–Trinajstić information content (AvgIpc) is 3.33. The van der Waals surface area contributed by atoms with E-state index in [1.807, 2.05) is 40.9 Å². The Morgan fingerprint density at radius 2 is 1.43 bits per heavy atom. The van der Waals surface area contributed by atoms with Crippen LogP contribution < -0.4 is 0 Å². The summed E-state index contributed by atoms with van der Waals surface area (Å²) in [5, 5.41) is 7.26. The Morgan fingerprint density at radius 3 is 2.32 bits per heavy atom. The van der Waals surface area contributed by atoms with Crippen molar-refractivity contribution in [1.82, 2.24) is 19.2 Å². The van der Waals surface area contributed by atoms with E-state index in [1.165, 1.54) is 10.8 Å². The summed E-state index contributed by atoms with van der Waals surface area (Å²) in [4.78, 5) is 4.90. The second kappa shape index (κ2) is 5.79. The minimum atomic E-state index is 0.864. The first kappa shape index (κ1) is 15.2. The van der Waals surface area contributed by atoms with Crippen molar-refractivity contribution in [1.29, 1.82) is 0 Å². The lowest BCUT2D eigenvalue weighted by molar-refractivity contribution is 0.915. The maximum absolute atomic E-state index is 4.90. The number of para-hydroxylation sites is 2. The van der Waals surface area contributed by atoms with Gasteiger partial charge in [-0.25, -0.2) is 9.50 Å². The van der Waals surface area contributed by atoms with Gasteiger partial charge in [-0.2, -0.15) is 0 Å². The standard InChI is InChI=1S/C24H16N4/c1-2-8-17(9-3-1)24-25-21-12-6-7-13-22(21)28(24)23-15-20-14-18-10-4-5-11-19(18)16-27(20)26-23/h1-16H. The van der Waals surface area contributed by atoms with Crippen LogP contribution in [0.2, 0.25) is 0 Å². The Hall–Kier alpha value is -3.92. The highest BCUT2D eigenvalue weighted by Gasteiger charge is 2.16. The third kappa shape index (κ3) is 2.25. The molecule has 4 nitrogen and oxygen atoms in total. The zero-order valence-electron chi connectivity index (χ0n) is 15.0. The monoisotopic (exact) mass is 360 g/mol. The van der Waals surface area contributed by atoms with Crippen molar-refractivity contribution in [3.63, 3.8) is 0 Å². The number of nitrogens with zero attached hydrogens (tertiary/aromatic N) is 4. The van der Waals surface area contributed by atoms with Crippen molar-refractivity contribution < 1.29 is 0 Å². The molecule has 0 aliphatic carbocycles. The molecule has 3 aromatic heterocycles. The van der Waals surface area contributed by atoms with Crippen LogP contribution in [0.25, 0.3) is 44.5 Å². The summed E-state index contributed by atoms with van der Waals surface area (Å²) in [7, 11) is 0. The third-order valence-corrected chi connectivity index (χ3v) is 5.13. The molecule has 0 spiro atoms. The molecule has 0 saturated carbocycles. The summed E-state index contributed by atoms with van der Waals surface area (Å²) in [6, 6.07) is 31.1. The fourth-order valence-electron chi connectivity index (χ4n) is 3.81. The van der Waals surface area contributed by atoms with Gasteiger partial charge in [-0.15, -0.1) is 5.10 Å². The second-order valence-corrected chi connectivity index (χ2v) is 6.90. The van der Waals surface area contributed by atoms with Crippen LogP contribution in [-0.2, 0) is 0 Å². The molecule has 132 valence electrons. The molecular weight excluding hydrogens is 344 g/mol. The molecule has 6 rings (SSSR count). The van der Waals surface area contributed by atoms with E-state index in [-0.39, 0.29) is 0 Å². The van der Waals surface area contributed by atoms with E-state index >= 15 is 0 Å². The van der Waals surface area contributed by atoms with E-state index in [9.17, 15) is 0 Å². The number of hydrogen-bond acceptors (Lipinski definition) is 2. The molecule has 0 aliphatic heterocycles. The molecule has 4 heteroatoms. The Balaban J connectivity index is 1.66. The van der Waals surface area contributed by atoms with Crippen LogP contribution in [0, 0.1) is 0 Å². The van der Waals surface area contributed by atoms with Crippen LogP contribution in [0.4, 0.5) is 0 Å². The van der Waals surface area contributed by atoms with Gasteiger partial charge in [-0.05, 0) is 23.6 Å². The van der Waals surface area contributed by atoms with Crippen LogP contribution in [0.15, 0.2) is 97.2 Å². The number of imidazole rings is 1. The fourth-order valence-corrected chi connectivity index (χ4v) is 3.81. The number of fused-ring (bicyclic) bond motifs is 3. The SMILES string of the molecule is c1ccc(-c2nc3ccccc3n2-c2cc3cc4ccccc4cn3n2)cc1. The molecule has 0 amide bonds. The first-order valence-electron chi connectivity index (χ1n) is 9.28. The lowest BCUT2D eigenvalue weighted by Gasteiger charge is -2.05. The van der Waals surface area contributed by atoms with Gasteiger partial charge in [0.05, 0.1) is 16.6 Å². The minimum Gasteiger partial charge on any atom is -0.275 e. The molecule has 3 heterocycles.